The summed E-state index contributed by atoms with van der Waals surface area (Å²) in [7, 11) is 0. The molecule has 0 saturated carbocycles. The third kappa shape index (κ3) is 6.45. The Morgan fingerprint density at radius 3 is 2.28 bits per heavy atom. The van der Waals surface area contributed by atoms with Gasteiger partial charge in [-0.15, -0.1) is 0 Å². The molecule has 10 heteroatoms. The highest BCUT2D eigenvalue weighted by Crippen LogP contribution is 2.30. The maximum atomic E-state index is 13.9. The maximum Gasteiger partial charge on any atom is 0.270 e. The fraction of sp³-hybridized carbons (Fsp3) is 0.308. The fourth-order valence-corrected chi connectivity index (χ4v) is 4.39. The summed E-state index contributed by atoms with van der Waals surface area (Å²) in [6.45, 7) is 6.45. The van der Waals surface area contributed by atoms with Gasteiger partial charge in [-0.3, -0.25) is 14.4 Å². The van der Waals surface area contributed by atoms with Crippen LogP contribution in [0.4, 0.5) is 10.1 Å². The fourth-order valence-electron chi connectivity index (χ4n) is 3.63. The smallest absolute Gasteiger partial charge is 0.270 e. The van der Waals surface area contributed by atoms with E-state index in [1.807, 2.05) is 19.1 Å². The summed E-state index contributed by atoms with van der Waals surface area (Å²) >= 11 is 0.744. The SMILES string of the molecule is Cc1ccc(C(C(=O)NCCC(C)C)N(Cc2ccc(F)cc2)C(=O)c2snc(C(N)=O)c2N)cc1. The number of rotatable bonds is 10. The number of aromatic nitrogens is 1. The van der Waals surface area contributed by atoms with Crippen LogP contribution in [0.15, 0.2) is 48.5 Å². The van der Waals surface area contributed by atoms with Crippen molar-refractivity contribution >= 4 is 34.9 Å². The number of carbonyl (C=O) groups is 3. The highest BCUT2D eigenvalue weighted by molar-refractivity contribution is 7.09. The molecule has 0 aliphatic heterocycles. The summed E-state index contributed by atoms with van der Waals surface area (Å²) in [5.74, 6) is -1.85. The van der Waals surface area contributed by atoms with Crippen LogP contribution in [0.5, 0.6) is 0 Å². The Kier molecular flexibility index (Phi) is 8.76. The van der Waals surface area contributed by atoms with Crippen LogP contribution < -0.4 is 16.8 Å². The molecule has 0 bridgehead atoms. The van der Waals surface area contributed by atoms with Crippen LogP contribution in [-0.2, 0) is 11.3 Å². The van der Waals surface area contributed by atoms with E-state index in [2.05, 4.69) is 23.5 Å². The van der Waals surface area contributed by atoms with Gasteiger partial charge in [-0.05, 0) is 54.1 Å². The van der Waals surface area contributed by atoms with E-state index in [0.717, 1.165) is 23.5 Å². The predicted molar refractivity (Wildman–Crippen MR) is 138 cm³/mol. The summed E-state index contributed by atoms with van der Waals surface area (Å²) in [6, 6.07) is 11.9. The van der Waals surface area contributed by atoms with Gasteiger partial charge in [0.1, 0.15) is 16.7 Å². The molecule has 0 spiro atoms. The second-order valence-electron chi connectivity index (χ2n) is 8.98. The summed E-state index contributed by atoms with van der Waals surface area (Å²) in [6.07, 6.45) is 0.766. The first-order chi connectivity index (χ1) is 17.1. The molecule has 190 valence electrons. The average Bonchev–Trinajstić information content (AvgIpc) is 3.22. The van der Waals surface area contributed by atoms with Gasteiger partial charge in [0.05, 0.1) is 5.69 Å². The Labute approximate surface area is 213 Å². The standard InChI is InChI=1S/C26H30FN5O3S/c1-15(2)12-13-30-25(34)22(18-8-4-16(3)5-9-18)32(14-17-6-10-19(27)11-7-17)26(35)23-20(28)21(24(29)33)31-36-23/h4-11,15,22H,12-14,28H2,1-3H3,(H2,29,33)(H,30,34). The summed E-state index contributed by atoms with van der Waals surface area (Å²) in [5, 5.41) is 2.94. The maximum absolute atomic E-state index is 13.9. The molecule has 8 nitrogen and oxygen atoms in total. The zero-order chi connectivity index (χ0) is 26.4. The number of nitrogen functional groups attached to an aromatic ring is 1. The third-order valence-corrected chi connectivity index (χ3v) is 6.51. The van der Waals surface area contributed by atoms with Gasteiger partial charge in [0.25, 0.3) is 11.8 Å². The van der Waals surface area contributed by atoms with Crippen LogP contribution in [0.2, 0.25) is 0 Å². The van der Waals surface area contributed by atoms with E-state index in [0.29, 0.717) is 23.6 Å². The Bertz CT molecular complexity index is 1230. The first-order valence-electron chi connectivity index (χ1n) is 11.5. The number of anilines is 1. The van der Waals surface area contributed by atoms with E-state index < -0.39 is 23.7 Å². The van der Waals surface area contributed by atoms with E-state index in [1.165, 1.54) is 17.0 Å². The Morgan fingerprint density at radius 1 is 1.08 bits per heavy atom. The van der Waals surface area contributed by atoms with Crippen molar-refractivity contribution in [3.05, 3.63) is 81.6 Å². The van der Waals surface area contributed by atoms with E-state index in [9.17, 15) is 18.8 Å². The molecular formula is C26H30FN5O3S. The van der Waals surface area contributed by atoms with Crippen LogP contribution >= 0.6 is 11.5 Å². The summed E-state index contributed by atoms with van der Waals surface area (Å²) in [5.41, 5.74) is 13.3. The molecule has 0 aliphatic carbocycles. The van der Waals surface area contributed by atoms with E-state index in [1.54, 1.807) is 24.3 Å². The van der Waals surface area contributed by atoms with Crippen LogP contribution in [0, 0.1) is 18.7 Å². The predicted octanol–water partition coefficient (Wildman–Crippen LogP) is 3.82. The summed E-state index contributed by atoms with van der Waals surface area (Å²) in [4.78, 5) is 40.4. The zero-order valence-electron chi connectivity index (χ0n) is 20.5. The highest BCUT2D eigenvalue weighted by Gasteiger charge is 2.34. The van der Waals surface area contributed by atoms with Gasteiger partial charge in [-0.1, -0.05) is 55.8 Å². The number of carbonyl (C=O) groups excluding carboxylic acids is 3. The van der Waals surface area contributed by atoms with Crippen molar-refractivity contribution in [3.8, 4) is 0 Å². The van der Waals surface area contributed by atoms with Gasteiger partial charge in [0.2, 0.25) is 5.91 Å². The number of hydrogen-bond acceptors (Lipinski definition) is 6. The molecule has 0 radical (unpaired) electrons. The number of halogens is 1. The van der Waals surface area contributed by atoms with Crippen LogP contribution in [0.25, 0.3) is 0 Å². The van der Waals surface area contributed by atoms with Crippen LogP contribution in [-0.4, -0.2) is 33.5 Å². The van der Waals surface area contributed by atoms with Crippen molar-refractivity contribution in [1.82, 2.24) is 14.6 Å². The summed E-state index contributed by atoms with van der Waals surface area (Å²) < 4.78 is 17.5. The Balaban J connectivity index is 2.09. The van der Waals surface area contributed by atoms with Gasteiger partial charge in [-0.25, -0.2) is 4.39 Å². The van der Waals surface area contributed by atoms with Crippen LogP contribution in [0.3, 0.4) is 0 Å². The van der Waals surface area contributed by atoms with Crippen molar-refractivity contribution < 1.29 is 18.8 Å². The lowest BCUT2D eigenvalue weighted by Gasteiger charge is -2.31. The third-order valence-electron chi connectivity index (χ3n) is 5.66. The molecule has 1 atom stereocenters. The molecule has 5 N–H and O–H groups in total. The first kappa shape index (κ1) is 26.8. The molecule has 0 aliphatic rings. The Morgan fingerprint density at radius 2 is 1.72 bits per heavy atom. The number of nitrogens with two attached hydrogens (primary N) is 2. The minimum Gasteiger partial charge on any atom is -0.395 e. The quantitative estimate of drug-likeness (QED) is 0.381. The lowest BCUT2D eigenvalue weighted by molar-refractivity contribution is -0.126. The number of nitrogens with one attached hydrogen (secondary N) is 1. The van der Waals surface area contributed by atoms with Crippen molar-refractivity contribution in [2.45, 2.75) is 39.8 Å². The second-order valence-corrected chi connectivity index (χ2v) is 9.76. The molecule has 0 fully saturated rings. The molecule has 1 unspecified atom stereocenters. The highest BCUT2D eigenvalue weighted by atomic mass is 32.1. The molecular weight excluding hydrogens is 481 g/mol. The van der Waals surface area contributed by atoms with Crippen molar-refractivity contribution in [3.63, 3.8) is 0 Å². The molecule has 2 aromatic carbocycles. The molecule has 3 rings (SSSR count). The number of nitrogens with zero attached hydrogens (tertiary/aromatic N) is 2. The number of aryl methyl sites for hydroxylation is 1. The second kappa shape index (κ2) is 11.8. The van der Waals surface area contributed by atoms with Crippen molar-refractivity contribution in [2.75, 3.05) is 12.3 Å². The molecule has 3 amide bonds. The monoisotopic (exact) mass is 511 g/mol. The van der Waals surface area contributed by atoms with Gasteiger partial charge >= 0.3 is 0 Å². The largest absolute Gasteiger partial charge is 0.395 e. The number of hydrogen-bond donors (Lipinski definition) is 3. The molecule has 3 aromatic rings. The lowest BCUT2D eigenvalue weighted by Crippen LogP contribution is -2.43. The Hall–Kier alpha value is -3.79. The normalized spacial score (nSPS) is 11.8. The zero-order valence-corrected chi connectivity index (χ0v) is 21.3. The van der Waals surface area contributed by atoms with Crippen LogP contribution in [0.1, 0.15) is 63.2 Å². The molecule has 0 saturated heterocycles. The topological polar surface area (TPSA) is 131 Å². The van der Waals surface area contributed by atoms with Gasteiger partial charge in [0.15, 0.2) is 5.69 Å². The molecule has 1 heterocycles. The number of benzene rings is 2. The molecule has 36 heavy (non-hydrogen) atoms. The minimum atomic E-state index is -1.02. The molecule has 1 aromatic heterocycles. The first-order valence-corrected chi connectivity index (χ1v) is 12.3. The van der Waals surface area contributed by atoms with Gasteiger partial charge in [-0.2, -0.15) is 4.37 Å². The number of amides is 3. The van der Waals surface area contributed by atoms with Crippen molar-refractivity contribution in [1.29, 1.82) is 0 Å². The van der Waals surface area contributed by atoms with Gasteiger partial charge in [0, 0.05) is 13.1 Å². The lowest BCUT2D eigenvalue weighted by atomic mass is 10.0. The van der Waals surface area contributed by atoms with E-state index >= 15 is 0 Å². The van der Waals surface area contributed by atoms with E-state index in [-0.39, 0.29) is 28.7 Å². The van der Waals surface area contributed by atoms with E-state index in [4.69, 9.17) is 11.5 Å². The van der Waals surface area contributed by atoms with Crippen molar-refractivity contribution in [2.24, 2.45) is 11.7 Å². The number of primary amides is 1. The average molecular weight is 512 g/mol. The van der Waals surface area contributed by atoms with Gasteiger partial charge < -0.3 is 21.7 Å². The minimum absolute atomic E-state index is 0.00185.